The lowest BCUT2D eigenvalue weighted by Gasteiger charge is -2.16. The van der Waals surface area contributed by atoms with Crippen LogP contribution in [-0.2, 0) is 19.3 Å². The molecule has 5 heteroatoms. The molecule has 0 saturated carbocycles. The summed E-state index contributed by atoms with van der Waals surface area (Å²) in [7, 11) is 1.83. The third-order valence-corrected chi connectivity index (χ3v) is 5.19. The summed E-state index contributed by atoms with van der Waals surface area (Å²) in [6.07, 6.45) is 8.37. The van der Waals surface area contributed by atoms with Gasteiger partial charge in [-0.15, -0.1) is 11.3 Å². The first-order valence-corrected chi connectivity index (χ1v) is 8.99. The smallest absolute Gasteiger partial charge is 0.191 e. The van der Waals surface area contributed by atoms with Crippen molar-refractivity contribution in [3.05, 3.63) is 15.6 Å². The lowest BCUT2D eigenvalue weighted by Crippen LogP contribution is -2.42. The Bertz CT molecular complexity index is 443. The topological polar surface area (TPSA) is 49.3 Å². The van der Waals surface area contributed by atoms with Crippen molar-refractivity contribution >= 4 is 17.3 Å². The van der Waals surface area contributed by atoms with Gasteiger partial charge in [-0.3, -0.25) is 4.99 Å². The Morgan fingerprint density at radius 2 is 2.19 bits per heavy atom. The molecule has 2 rings (SSSR count). The van der Waals surface area contributed by atoms with Gasteiger partial charge in [0.15, 0.2) is 5.96 Å². The molecule has 1 aromatic heterocycles. The highest BCUT2D eigenvalue weighted by Crippen LogP contribution is 2.27. The molecule has 0 bridgehead atoms. The molecule has 21 heavy (non-hydrogen) atoms. The van der Waals surface area contributed by atoms with Crippen LogP contribution in [-0.4, -0.2) is 30.6 Å². The molecule has 118 valence electrons. The number of rotatable bonds is 6. The summed E-state index contributed by atoms with van der Waals surface area (Å²) >= 11 is 1.93. The van der Waals surface area contributed by atoms with Crippen molar-refractivity contribution in [2.75, 3.05) is 13.6 Å². The molecule has 1 unspecified atom stereocenters. The van der Waals surface area contributed by atoms with Crippen LogP contribution < -0.4 is 10.6 Å². The summed E-state index contributed by atoms with van der Waals surface area (Å²) in [6.45, 7) is 5.29. The van der Waals surface area contributed by atoms with E-state index in [1.807, 2.05) is 18.4 Å². The number of aryl methyl sites for hydroxylation is 3. The lowest BCUT2D eigenvalue weighted by molar-refractivity contribution is 0.620. The number of thiazole rings is 1. The summed E-state index contributed by atoms with van der Waals surface area (Å²) < 4.78 is 0. The minimum absolute atomic E-state index is 0.460. The normalized spacial score (nSPS) is 16.4. The Balaban J connectivity index is 1.70. The number of aromatic nitrogens is 1. The molecule has 2 N–H and O–H groups in total. The molecule has 0 saturated heterocycles. The predicted molar refractivity (Wildman–Crippen MR) is 91.3 cm³/mol. The van der Waals surface area contributed by atoms with Crippen LogP contribution in [0.1, 0.15) is 55.1 Å². The van der Waals surface area contributed by atoms with Gasteiger partial charge in [-0.1, -0.05) is 6.92 Å². The Labute approximate surface area is 132 Å². The van der Waals surface area contributed by atoms with E-state index in [4.69, 9.17) is 4.98 Å². The lowest BCUT2D eigenvalue weighted by atomic mass is 10.0. The molecule has 1 aromatic rings. The van der Waals surface area contributed by atoms with Crippen LogP contribution in [0.25, 0.3) is 0 Å². The third kappa shape index (κ3) is 4.99. The van der Waals surface area contributed by atoms with Crippen LogP contribution >= 0.6 is 11.3 Å². The first-order valence-electron chi connectivity index (χ1n) is 8.17. The van der Waals surface area contributed by atoms with E-state index in [0.717, 1.165) is 31.8 Å². The molecule has 1 aliphatic rings. The highest BCUT2D eigenvalue weighted by Gasteiger charge is 2.14. The zero-order chi connectivity index (χ0) is 15.1. The van der Waals surface area contributed by atoms with E-state index in [-0.39, 0.29) is 0 Å². The standard InChI is InChI=1S/C16H28N4S/c1-4-12(2)19-16(17-3)18-11-7-10-15-20-13-8-5-6-9-14(13)21-15/h12H,4-11H2,1-3H3,(H2,17,18,19). The minimum atomic E-state index is 0.460. The van der Waals surface area contributed by atoms with Gasteiger partial charge in [0.05, 0.1) is 10.7 Å². The molecule has 0 aliphatic heterocycles. The molecule has 0 amide bonds. The molecular weight excluding hydrogens is 280 g/mol. The van der Waals surface area contributed by atoms with E-state index in [2.05, 4.69) is 29.5 Å². The molecule has 0 radical (unpaired) electrons. The van der Waals surface area contributed by atoms with Gasteiger partial charge in [0.1, 0.15) is 0 Å². The molecule has 0 spiro atoms. The number of nitrogens with one attached hydrogen (secondary N) is 2. The summed E-state index contributed by atoms with van der Waals surface area (Å²) in [5.41, 5.74) is 1.38. The van der Waals surface area contributed by atoms with Crippen molar-refractivity contribution in [3.63, 3.8) is 0 Å². The monoisotopic (exact) mass is 308 g/mol. The van der Waals surface area contributed by atoms with Crippen LogP contribution in [0.5, 0.6) is 0 Å². The third-order valence-electron chi connectivity index (χ3n) is 3.97. The SMILES string of the molecule is CCC(C)NC(=NC)NCCCc1nc2c(s1)CCCC2. The van der Waals surface area contributed by atoms with E-state index in [1.165, 1.54) is 36.4 Å². The van der Waals surface area contributed by atoms with Gasteiger partial charge in [-0.2, -0.15) is 0 Å². The average Bonchev–Trinajstić information content (AvgIpc) is 2.92. The maximum absolute atomic E-state index is 4.79. The molecule has 1 atom stereocenters. The Hall–Kier alpha value is -1.10. The second-order valence-corrected chi connectivity index (χ2v) is 6.91. The molecule has 1 aliphatic carbocycles. The van der Waals surface area contributed by atoms with Crippen molar-refractivity contribution < 1.29 is 0 Å². The number of aliphatic imine (C=N–C) groups is 1. The van der Waals surface area contributed by atoms with Gasteiger partial charge in [0, 0.05) is 30.9 Å². The van der Waals surface area contributed by atoms with Crippen molar-refractivity contribution in [1.29, 1.82) is 0 Å². The quantitative estimate of drug-likeness (QED) is 0.482. The summed E-state index contributed by atoms with van der Waals surface area (Å²) in [6, 6.07) is 0.460. The first kappa shape index (κ1) is 16.3. The number of guanidine groups is 1. The van der Waals surface area contributed by atoms with Crippen molar-refractivity contribution in [1.82, 2.24) is 15.6 Å². The maximum Gasteiger partial charge on any atom is 0.191 e. The minimum Gasteiger partial charge on any atom is -0.356 e. The highest BCUT2D eigenvalue weighted by molar-refractivity contribution is 7.11. The van der Waals surface area contributed by atoms with Crippen molar-refractivity contribution in [3.8, 4) is 0 Å². The van der Waals surface area contributed by atoms with Gasteiger partial charge in [0.25, 0.3) is 0 Å². The largest absolute Gasteiger partial charge is 0.356 e. The van der Waals surface area contributed by atoms with Gasteiger partial charge in [-0.05, 0) is 45.4 Å². The van der Waals surface area contributed by atoms with E-state index in [1.54, 1.807) is 4.88 Å². The Morgan fingerprint density at radius 3 is 2.90 bits per heavy atom. The number of nitrogens with zero attached hydrogens (tertiary/aromatic N) is 2. The van der Waals surface area contributed by atoms with Gasteiger partial charge in [0.2, 0.25) is 0 Å². The zero-order valence-corrected chi connectivity index (χ0v) is 14.4. The van der Waals surface area contributed by atoms with E-state index < -0.39 is 0 Å². The van der Waals surface area contributed by atoms with Crippen molar-refractivity contribution in [2.24, 2.45) is 4.99 Å². The summed E-state index contributed by atoms with van der Waals surface area (Å²) in [5, 5.41) is 8.08. The molecule has 4 nitrogen and oxygen atoms in total. The first-order chi connectivity index (χ1) is 10.2. The van der Waals surface area contributed by atoms with Crippen LogP contribution in [0.15, 0.2) is 4.99 Å². The van der Waals surface area contributed by atoms with E-state index in [9.17, 15) is 0 Å². The molecule has 0 fully saturated rings. The summed E-state index contributed by atoms with van der Waals surface area (Å²) in [5.74, 6) is 0.905. The fraction of sp³-hybridized carbons (Fsp3) is 0.750. The van der Waals surface area contributed by atoms with Crippen LogP contribution in [0.2, 0.25) is 0 Å². The predicted octanol–water partition coefficient (Wildman–Crippen LogP) is 2.92. The van der Waals surface area contributed by atoms with E-state index >= 15 is 0 Å². The van der Waals surface area contributed by atoms with Crippen LogP contribution in [0.4, 0.5) is 0 Å². The molecule has 0 aromatic carbocycles. The second-order valence-electron chi connectivity index (χ2n) is 5.74. The fourth-order valence-corrected chi connectivity index (χ4v) is 3.69. The fourth-order valence-electron chi connectivity index (χ4n) is 2.49. The Morgan fingerprint density at radius 1 is 1.38 bits per heavy atom. The number of fused-ring (bicyclic) bond motifs is 1. The van der Waals surface area contributed by atoms with Gasteiger partial charge < -0.3 is 10.6 Å². The van der Waals surface area contributed by atoms with E-state index in [0.29, 0.717) is 6.04 Å². The highest BCUT2D eigenvalue weighted by atomic mass is 32.1. The summed E-state index contributed by atoms with van der Waals surface area (Å²) in [4.78, 5) is 10.6. The van der Waals surface area contributed by atoms with Gasteiger partial charge >= 0.3 is 0 Å². The zero-order valence-electron chi connectivity index (χ0n) is 13.5. The molecule has 1 heterocycles. The Kier molecular flexibility index (Phi) is 6.49. The number of hydrogen-bond acceptors (Lipinski definition) is 3. The number of hydrogen-bond donors (Lipinski definition) is 2. The van der Waals surface area contributed by atoms with Crippen LogP contribution in [0.3, 0.4) is 0 Å². The van der Waals surface area contributed by atoms with Crippen LogP contribution in [0, 0.1) is 0 Å². The van der Waals surface area contributed by atoms with Gasteiger partial charge in [-0.25, -0.2) is 4.98 Å². The second kappa shape index (κ2) is 8.37. The molecular formula is C16H28N4S. The van der Waals surface area contributed by atoms with Crippen molar-refractivity contribution in [2.45, 2.75) is 64.8 Å². The average molecular weight is 308 g/mol. The maximum atomic E-state index is 4.79.